The van der Waals surface area contributed by atoms with Crippen molar-refractivity contribution in [3.63, 3.8) is 0 Å². The number of hydrogen-bond acceptors (Lipinski definition) is 2. The molecule has 0 radical (unpaired) electrons. The van der Waals surface area contributed by atoms with Gasteiger partial charge in [-0.25, -0.2) is 0 Å². The SMILES string of the molecule is Nc1ccnc(C(F)(F)C(F)(F)C(F)(F)F)c1. The zero-order valence-electron chi connectivity index (χ0n) is 7.90. The molecule has 0 saturated heterocycles. The van der Waals surface area contributed by atoms with Crippen LogP contribution in [0.2, 0.25) is 0 Å². The fraction of sp³-hybridized carbons (Fsp3) is 0.375. The van der Waals surface area contributed by atoms with E-state index in [0.29, 0.717) is 6.20 Å². The van der Waals surface area contributed by atoms with E-state index in [1.165, 1.54) is 0 Å². The number of nitrogens with zero attached hydrogens (tertiary/aromatic N) is 1. The van der Waals surface area contributed by atoms with Crippen LogP contribution in [0.5, 0.6) is 0 Å². The largest absolute Gasteiger partial charge is 0.460 e. The van der Waals surface area contributed by atoms with Gasteiger partial charge in [-0.05, 0) is 12.1 Å². The Morgan fingerprint density at radius 3 is 1.94 bits per heavy atom. The van der Waals surface area contributed by atoms with Crippen molar-refractivity contribution in [2.24, 2.45) is 0 Å². The van der Waals surface area contributed by atoms with E-state index >= 15 is 0 Å². The average molecular weight is 262 g/mol. The Balaban J connectivity index is 3.28. The summed E-state index contributed by atoms with van der Waals surface area (Å²) in [6.45, 7) is 0. The van der Waals surface area contributed by atoms with Gasteiger partial charge in [0.15, 0.2) is 0 Å². The van der Waals surface area contributed by atoms with E-state index in [-0.39, 0.29) is 6.07 Å². The highest BCUT2D eigenvalue weighted by Gasteiger charge is 2.74. The maximum atomic E-state index is 13.0. The molecular formula is C8H5F7N2. The van der Waals surface area contributed by atoms with E-state index in [1.807, 2.05) is 0 Å². The van der Waals surface area contributed by atoms with Gasteiger partial charge in [0.2, 0.25) is 0 Å². The third kappa shape index (κ3) is 2.13. The minimum atomic E-state index is -6.39. The van der Waals surface area contributed by atoms with Crippen molar-refractivity contribution in [2.45, 2.75) is 18.0 Å². The van der Waals surface area contributed by atoms with Crippen molar-refractivity contribution in [2.75, 3.05) is 5.73 Å². The summed E-state index contributed by atoms with van der Waals surface area (Å²) < 4.78 is 86.7. The molecule has 96 valence electrons. The second kappa shape index (κ2) is 3.74. The first-order valence-corrected chi connectivity index (χ1v) is 4.04. The van der Waals surface area contributed by atoms with Crippen molar-refractivity contribution >= 4 is 5.69 Å². The fourth-order valence-corrected chi connectivity index (χ4v) is 0.957. The Hall–Kier alpha value is -1.54. The maximum Gasteiger partial charge on any atom is 0.460 e. The van der Waals surface area contributed by atoms with Crippen LogP contribution < -0.4 is 5.73 Å². The van der Waals surface area contributed by atoms with Gasteiger partial charge in [0, 0.05) is 11.9 Å². The van der Waals surface area contributed by atoms with Crippen LogP contribution in [-0.4, -0.2) is 17.1 Å². The first-order chi connectivity index (χ1) is 7.50. The molecule has 0 amide bonds. The van der Waals surface area contributed by atoms with E-state index in [1.54, 1.807) is 0 Å². The van der Waals surface area contributed by atoms with Crippen LogP contribution in [0.1, 0.15) is 5.69 Å². The Labute approximate surface area is 90.2 Å². The molecule has 0 aliphatic rings. The van der Waals surface area contributed by atoms with E-state index in [4.69, 9.17) is 5.73 Å². The summed E-state index contributed by atoms with van der Waals surface area (Å²) in [6.07, 6.45) is -5.77. The lowest BCUT2D eigenvalue weighted by atomic mass is 10.1. The highest BCUT2D eigenvalue weighted by molar-refractivity contribution is 5.39. The van der Waals surface area contributed by atoms with Gasteiger partial charge in [0.05, 0.1) is 0 Å². The fourth-order valence-electron chi connectivity index (χ4n) is 0.957. The normalized spacial score (nSPS) is 13.8. The molecule has 1 heterocycles. The monoisotopic (exact) mass is 262 g/mol. The predicted octanol–water partition coefficient (Wildman–Crippen LogP) is 2.95. The summed E-state index contributed by atoms with van der Waals surface area (Å²) in [7, 11) is 0. The molecule has 0 unspecified atom stereocenters. The first-order valence-electron chi connectivity index (χ1n) is 4.04. The standard InChI is InChI=1S/C8H5F7N2/c9-6(10,7(11,12)8(13,14)15)5-3-4(16)1-2-17-5/h1-3H,(H2,16,17). The number of alkyl halides is 7. The van der Waals surface area contributed by atoms with Gasteiger partial charge in [-0.2, -0.15) is 30.7 Å². The van der Waals surface area contributed by atoms with Gasteiger partial charge >= 0.3 is 18.0 Å². The number of nitrogens with two attached hydrogens (primary N) is 1. The number of aromatic nitrogens is 1. The van der Waals surface area contributed by atoms with Crippen LogP contribution in [0.25, 0.3) is 0 Å². The van der Waals surface area contributed by atoms with Crippen molar-refractivity contribution < 1.29 is 30.7 Å². The summed E-state index contributed by atoms with van der Waals surface area (Å²) in [5.41, 5.74) is 2.88. The molecule has 2 nitrogen and oxygen atoms in total. The van der Waals surface area contributed by atoms with E-state index in [9.17, 15) is 30.7 Å². The van der Waals surface area contributed by atoms with Crippen molar-refractivity contribution in [1.29, 1.82) is 0 Å². The molecule has 0 atom stereocenters. The first kappa shape index (κ1) is 13.5. The number of hydrogen-bond donors (Lipinski definition) is 1. The summed E-state index contributed by atoms with van der Waals surface area (Å²) in [5.74, 6) is -11.7. The molecule has 0 aliphatic carbocycles. The lowest BCUT2D eigenvalue weighted by Crippen LogP contribution is -2.50. The molecule has 0 fully saturated rings. The molecule has 0 bridgehead atoms. The third-order valence-electron chi connectivity index (χ3n) is 1.86. The Morgan fingerprint density at radius 1 is 1.00 bits per heavy atom. The molecule has 1 aromatic heterocycles. The van der Waals surface area contributed by atoms with Gasteiger partial charge in [-0.15, -0.1) is 0 Å². The van der Waals surface area contributed by atoms with Crippen LogP contribution >= 0.6 is 0 Å². The van der Waals surface area contributed by atoms with Crippen molar-refractivity contribution in [3.8, 4) is 0 Å². The van der Waals surface area contributed by atoms with Gasteiger partial charge in [-0.1, -0.05) is 0 Å². The molecule has 0 aromatic carbocycles. The topological polar surface area (TPSA) is 38.9 Å². The summed E-state index contributed by atoms with van der Waals surface area (Å²) in [5, 5.41) is 0. The number of anilines is 1. The average Bonchev–Trinajstić information content (AvgIpc) is 2.15. The predicted molar refractivity (Wildman–Crippen MR) is 43.5 cm³/mol. The molecule has 1 rings (SSSR count). The summed E-state index contributed by atoms with van der Waals surface area (Å²) in [6, 6.07) is 1.24. The number of rotatable bonds is 2. The summed E-state index contributed by atoms with van der Waals surface area (Å²) in [4.78, 5) is 2.78. The minimum Gasteiger partial charge on any atom is -0.399 e. The number of halogens is 7. The Kier molecular flexibility index (Phi) is 2.98. The highest BCUT2D eigenvalue weighted by Crippen LogP contribution is 2.51. The van der Waals surface area contributed by atoms with Crippen molar-refractivity contribution in [1.82, 2.24) is 4.98 Å². The van der Waals surface area contributed by atoms with E-state index < -0.39 is 29.4 Å². The van der Waals surface area contributed by atoms with Crippen molar-refractivity contribution in [3.05, 3.63) is 24.0 Å². The van der Waals surface area contributed by atoms with E-state index in [0.717, 1.165) is 6.07 Å². The molecule has 0 aliphatic heterocycles. The molecule has 0 spiro atoms. The molecular weight excluding hydrogens is 257 g/mol. The number of nitrogen functional groups attached to an aromatic ring is 1. The molecule has 17 heavy (non-hydrogen) atoms. The Bertz CT molecular complexity index is 413. The lowest BCUT2D eigenvalue weighted by molar-refractivity contribution is -0.360. The van der Waals surface area contributed by atoms with Crippen LogP contribution in [0.15, 0.2) is 18.3 Å². The second-order valence-electron chi connectivity index (χ2n) is 3.12. The van der Waals surface area contributed by atoms with Crippen LogP contribution in [0.3, 0.4) is 0 Å². The molecule has 2 N–H and O–H groups in total. The molecule has 0 saturated carbocycles. The zero-order chi connectivity index (χ0) is 13.5. The molecule has 9 heteroatoms. The van der Waals surface area contributed by atoms with Crippen LogP contribution in [0, 0.1) is 0 Å². The summed E-state index contributed by atoms with van der Waals surface area (Å²) >= 11 is 0. The lowest BCUT2D eigenvalue weighted by Gasteiger charge is -2.27. The van der Waals surface area contributed by atoms with Crippen LogP contribution in [-0.2, 0) is 5.92 Å². The highest BCUT2D eigenvalue weighted by atomic mass is 19.4. The third-order valence-corrected chi connectivity index (χ3v) is 1.86. The smallest absolute Gasteiger partial charge is 0.399 e. The van der Waals surface area contributed by atoms with Gasteiger partial charge in [0.1, 0.15) is 5.69 Å². The van der Waals surface area contributed by atoms with Crippen LogP contribution in [0.4, 0.5) is 36.4 Å². The Morgan fingerprint density at radius 2 is 1.53 bits per heavy atom. The second-order valence-corrected chi connectivity index (χ2v) is 3.12. The van der Waals surface area contributed by atoms with Gasteiger partial charge in [-0.3, -0.25) is 4.98 Å². The van der Waals surface area contributed by atoms with Gasteiger partial charge in [0.25, 0.3) is 0 Å². The van der Waals surface area contributed by atoms with Gasteiger partial charge < -0.3 is 5.73 Å². The quantitative estimate of drug-likeness (QED) is 0.832. The minimum absolute atomic E-state index is 0.264. The van der Waals surface area contributed by atoms with E-state index in [2.05, 4.69) is 4.98 Å². The maximum absolute atomic E-state index is 13.0. The molecule has 1 aromatic rings. The zero-order valence-corrected chi connectivity index (χ0v) is 7.90. The number of pyridine rings is 1.